The van der Waals surface area contributed by atoms with Crippen LogP contribution < -0.4 is 5.32 Å². The van der Waals surface area contributed by atoms with Gasteiger partial charge in [-0.25, -0.2) is 4.98 Å². The zero-order valence-electron chi connectivity index (χ0n) is 18.4. The maximum absolute atomic E-state index is 12.9. The molecular formula is C23H26N6O2S. The molecular weight excluding hydrogens is 424 g/mol. The number of anilines is 1. The molecule has 166 valence electrons. The third-order valence-corrected chi connectivity index (χ3v) is 6.43. The fourth-order valence-electron chi connectivity index (χ4n) is 3.55. The van der Waals surface area contributed by atoms with Crippen molar-refractivity contribution < 1.29 is 9.59 Å². The SMILES string of the molecule is Cc1ccc(C)c(NC(=O)C(C)Sc2nnc(CN3CCCC3=O)n2-c2ccccn2)c1. The van der Waals surface area contributed by atoms with E-state index >= 15 is 0 Å². The van der Waals surface area contributed by atoms with Gasteiger partial charge in [-0.15, -0.1) is 10.2 Å². The molecule has 2 amide bonds. The molecule has 0 aliphatic carbocycles. The minimum absolute atomic E-state index is 0.115. The minimum Gasteiger partial charge on any atom is -0.335 e. The molecule has 0 spiro atoms. The number of nitrogens with one attached hydrogen (secondary N) is 1. The van der Waals surface area contributed by atoms with Crippen molar-refractivity contribution in [3.05, 3.63) is 59.5 Å². The molecule has 1 aliphatic rings. The first-order chi connectivity index (χ1) is 15.4. The molecule has 8 nitrogen and oxygen atoms in total. The van der Waals surface area contributed by atoms with Crippen LogP contribution >= 0.6 is 11.8 Å². The molecule has 3 heterocycles. The summed E-state index contributed by atoms with van der Waals surface area (Å²) in [6.07, 6.45) is 3.12. The minimum atomic E-state index is -0.414. The Bertz CT molecular complexity index is 1130. The zero-order chi connectivity index (χ0) is 22.7. The monoisotopic (exact) mass is 450 g/mol. The number of nitrogens with zero attached hydrogens (tertiary/aromatic N) is 5. The van der Waals surface area contributed by atoms with Crippen molar-refractivity contribution in [3.8, 4) is 5.82 Å². The fourth-order valence-corrected chi connectivity index (χ4v) is 4.43. The molecule has 0 saturated carbocycles. The van der Waals surface area contributed by atoms with Crippen LogP contribution in [0.15, 0.2) is 47.8 Å². The topological polar surface area (TPSA) is 93.0 Å². The van der Waals surface area contributed by atoms with Crippen molar-refractivity contribution in [2.24, 2.45) is 0 Å². The molecule has 1 aliphatic heterocycles. The molecule has 4 rings (SSSR count). The lowest BCUT2D eigenvalue weighted by molar-refractivity contribution is -0.128. The normalized spacial score (nSPS) is 14.6. The highest BCUT2D eigenvalue weighted by Crippen LogP contribution is 2.27. The summed E-state index contributed by atoms with van der Waals surface area (Å²) < 4.78 is 1.83. The molecule has 0 bridgehead atoms. The summed E-state index contributed by atoms with van der Waals surface area (Å²) in [5.41, 5.74) is 2.90. The predicted octanol–water partition coefficient (Wildman–Crippen LogP) is 3.52. The lowest BCUT2D eigenvalue weighted by atomic mass is 10.1. The second kappa shape index (κ2) is 9.52. The van der Waals surface area contributed by atoms with Gasteiger partial charge in [-0.05, 0) is 56.5 Å². The number of pyridine rings is 1. The summed E-state index contributed by atoms with van der Waals surface area (Å²) in [4.78, 5) is 31.2. The molecule has 3 aromatic rings. The van der Waals surface area contributed by atoms with Crippen molar-refractivity contribution in [1.29, 1.82) is 0 Å². The van der Waals surface area contributed by atoms with Crippen molar-refractivity contribution >= 4 is 29.3 Å². The molecule has 0 radical (unpaired) electrons. The Balaban J connectivity index is 1.56. The van der Waals surface area contributed by atoms with Crippen LogP contribution in [0.25, 0.3) is 5.82 Å². The smallest absolute Gasteiger partial charge is 0.237 e. The third kappa shape index (κ3) is 4.83. The molecule has 1 aromatic carbocycles. The molecule has 1 unspecified atom stereocenters. The summed E-state index contributed by atoms with van der Waals surface area (Å²) in [7, 11) is 0. The third-order valence-electron chi connectivity index (χ3n) is 5.38. The molecule has 32 heavy (non-hydrogen) atoms. The van der Waals surface area contributed by atoms with E-state index in [9.17, 15) is 9.59 Å². The highest BCUT2D eigenvalue weighted by atomic mass is 32.2. The average molecular weight is 451 g/mol. The number of rotatable bonds is 7. The van der Waals surface area contributed by atoms with Crippen LogP contribution in [0.2, 0.25) is 0 Å². The summed E-state index contributed by atoms with van der Waals surface area (Å²) in [5.74, 6) is 1.29. The lowest BCUT2D eigenvalue weighted by Crippen LogP contribution is -2.26. The molecule has 9 heteroatoms. The Morgan fingerprint density at radius 3 is 2.78 bits per heavy atom. The Kier molecular flexibility index (Phi) is 6.55. The van der Waals surface area contributed by atoms with Crippen molar-refractivity contribution in [2.45, 2.75) is 50.6 Å². The number of carbonyl (C=O) groups is 2. The van der Waals surface area contributed by atoms with Gasteiger partial charge in [0, 0.05) is 24.8 Å². The van der Waals surface area contributed by atoms with Crippen molar-refractivity contribution in [2.75, 3.05) is 11.9 Å². The summed E-state index contributed by atoms with van der Waals surface area (Å²) >= 11 is 1.32. The van der Waals surface area contributed by atoms with E-state index in [0.29, 0.717) is 36.3 Å². The number of hydrogen-bond acceptors (Lipinski definition) is 6. The molecule has 2 aromatic heterocycles. The van der Waals surface area contributed by atoms with Crippen LogP contribution in [0.3, 0.4) is 0 Å². The Morgan fingerprint density at radius 2 is 2.06 bits per heavy atom. The molecule has 1 fully saturated rings. The Labute approximate surface area is 191 Å². The highest BCUT2D eigenvalue weighted by Gasteiger charge is 2.26. The summed E-state index contributed by atoms with van der Waals surface area (Å²) in [6.45, 7) is 6.88. The number of carbonyl (C=O) groups excluding carboxylic acids is 2. The van der Waals surface area contributed by atoms with Gasteiger partial charge in [-0.1, -0.05) is 30.0 Å². The summed E-state index contributed by atoms with van der Waals surface area (Å²) in [6, 6.07) is 11.6. The van der Waals surface area contributed by atoms with E-state index in [1.807, 2.05) is 61.7 Å². The van der Waals surface area contributed by atoms with Crippen LogP contribution in [0, 0.1) is 13.8 Å². The fraction of sp³-hybridized carbons (Fsp3) is 0.348. The standard InChI is InChI=1S/C23H26N6O2S/c1-15-9-10-16(2)18(13-15)25-22(31)17(3)32-23-27-26-20(14-28-12-6-8-21(28)30)29(23)19-7-4-5-11-24-19/h4-5,7,9-11,13,17H,6,8,12,14H2,1-3H3,(H,25,31). The van der Waals surface area contributed by atoms with Gasteiger partial charge in [0.25, 0.3) is 0 Å². The maximum atomic E-state index is 12.9. The summed E-state index contributed by atoms with van der Waals surface area (Å²) in [5, 5.41) is 11.8. The zero-order valence-corrected chi connectivity index (χ0v) is 19.2. The maximum Gasteiger partial charge on any atom is 0.237 e. The van der Waals surface area contributed by atoms with Crippen LogP contribution in [-0.2, 0) is 16.1 Å². The van der Waals surface area contributed by atoms with E-state index in [0.717, 1.165) is 23.2 Å². The van der Waals surface area contributed by atoms with Gasteiger partial charge in [0.1, 0.15) is 5.82 Å². The largest absolute Gasteiger partial charge is 0.335 e. The Morgan fingerprint density at radius 1 is 1.22 bits per heavy atom. The van der Waals surface area contributed by atoms with E-state index in [2.05, 4.69) is 20.5 Å². The highest BCUT2D eigenvalue weighted by molar-refractivity contribution is 8.00. The van der Waals surface area contributed by atoms with E-state index in [-0.39, 0.29) is 11.8 Å². The number of aromatic nitrogens is 4. The van der Waals surface area contributed by atoms with E-state index < -0.39 is 5.25 Å². The number of likely N-dealkylation sites (tertiary alicyclic amines) is 1. The van der Waals surface area contributed by atoms with Crippen LogP contribution in [-0.4, -0.2) is 48.3 Å². The van der Waals surface area contributed by atoms with E-state index in [1.54, 1.807) is 11.1 Å². The second-order valence-electron chi connectivity index (χ2n) is 7.91. The number of hydrogen-bond donors (Lipinski definition) is 1. The van der Waals surface area contributed by atoms with Gasteiger partial charge in [-0.3, -0.25) is 14.2 Å². The lowest BCUT2D eigenvalue weighted by Gasteiger charge is -2.17. The van der Waals surface area contributed by atoms with E-state index in [1.165, 1.54) is 11.8 Å². The number of thioether (sulfide) groups is 1. The van der Waals surface area contributed by atoms with Crippen LogP contribution in [0.1, 0.15) is 36.7 Å². The Hall–Kier alpha value is -3.20. The first kappa shape index (κ1) is 22.0. The second-order valence-corrected chi connectivity index (χ2v) is 9.22. The van der Waals surface area contributed by atoms with Crippen LogP contribution in [0.5, 0.6) is 0 Å². The molecule has 1 saturated heterocycles. The predicted molar refractivity (Wildman–Crippen MR) is 124 cm³/mol. The van der Waals surface area contributed by atoms with E-state index in [4.69, 9.17) is 0 Å². The number of benzene rings is 1. The van der Waals surface area contributed by atoms with Gasteiger partial charge in [0.15, 0.2) is 11.0 Å². The first-order valence-electron chi connectivity index (χ1n) is 10.6. The van der Waals surface area contributed by atoms with Gasteiger partial charge in [0.2, 0.25) is 11.8 Å². The van der Waals surface area contributed by atoms with Gasteiger partial charge in [0.05, 0.1) is 11.8 Å². The number of aryl methyl sites for hydroxylation is 2. The molecule has 1 atom stereocenters. The van der Waals surface area contributed by atoms with Crippen LogP contribution in [0.4, 0.5) is 5.69 Å². The quantitative estimate of drug-likeness (QED) is 0.554. The van der Waals surface area contributed by atoms with Gasteiger partial charge in [-0.2, -0.15) is 0 Å². The average Bonchev–Trinajstić information content (AvgIpc) is 3.37. The molecule has 1 N–H and O–H groups in total. The first-order valence-corrected chi connectivity index (χ1v) is 11.5. The van der Waals surface area contributed by atoms with Gasteiger partial charge >= 0.3 is 0 Å². The number of amides is 2. The van der Waals surface area contributed by atoms with Crippen molar-refractivity contribution in [1.82, 2.24) is 24.6 Å². The van der Waals surface area contributed by atoms with Gasteiger partial charge < -0.3 is 10.2 Å². The van der Waals surface area contributed by atoms with Crippen molar-refractivity contribution in [3.63, 3.8) is 0 Å².